The summed E-state index contributed by atoms with van der Waals surface area (Å²) < 4.78 is 0. The number of rotatable bonds is 18. The number of carbonyl (C=O) groups excluding carboxylic acids is 6. The van der Waals surface area contributed by atoms with Crippen molar-refractivity contribution in [2.24, 2.45) is 29.0 Å². The van der Waals surface area contributed by atoms with Crippen molar-refractivity contribution in [1.29, 1.82) is 0 Å². The number of amides is 5. The first-order chi connectivity index (χ1) is 25.6. The molecule has 1 saturated heterocycles. The molecule has 302 valence electrons. The first-order valence-electron chi connectivity index (χ1n) is 18.8. The second kappa shape index (κ2) is 23.9. The summed E-state index contributed by atoms with van der Waals surface area (Å²) in [6.07, 6.45) is 2.09. The standard InChI is InChI=1S/C37H60N8O9/c1-22(2)18-24(37(53)54)20-31(47)30(19-23-11-13-25(46)14-12-23)45-36(52)29-10-7-17-41-32(48)21-26(40)33(49)42-27(8-3-5-15-38)34(50)43-28(35(51)44-29)9-4-6-16-39/h11-14,22,24,26-30,46H,3-10,15-21,38-40H2,1-2H3,(H,41,48)(H,42,49)(H,43,50)(H,44,51)(H,45,52)(H,53,54)/t24-,26+,27+,28+,29+,30+/m1/s1. The summed E-state index contributed by atoms with van der Waals surface area (Å²) in [6, 6.07) is 0.105. The normalized spacial score (nSPS) is 21.6. The quantitative estimate of drug-likeness (QED) is 0.0845. The number of unbranched alkanes of at least 4 members (excludes halogenated alkanes) is 2. The number of hydrogen-bond acceptors (Lipinski definition) is 11. The topological polar surface area (TPSA) is 298 Å². The fourth-order valence-electron chi connectivity index (χ4n) is 6.13. The Kier molecular flexibility index (Phi) is 20.2. The Balaban J connectivity index is 2.45. The second-order valence-corrected chi connectivity index (χ2v) is 14.3. The molecule has 1 fully saturated rings. The minimum Gasteiger partial charge on any atom is -0.508 e. The van der Waals surface area contributed by atoms with Crippen LogP contribution in [0.25, 0.3) is 0 Å². The van der Waals surface area contributed by atoms with E-state index in [0.29, 0.717) is 44.3 Å². The van der Waals surface area contributed by atoms with Crippen LogP contribution in [0.2, 0.25) is 0 Å². The predicted molar refractivity (Wildman–Crippen MR) is 200 cm³/mol. The molecule has 1 aromatic carbocycles. The summed E-state index contributed by atoms with van der Waals surface area (Å²) in [5.41, 5.74) is 17.9. The predicted octanol–water partition coefficient (Wildman–Crippen LogP) is -0.535. The molecule has 5 amide bonds. The molecule has 0 bridgehead atoms. The Bertz CT molecular complexity index is 1410. The highest BCUT2D eigenvalue weighted by molar-refractivity contribution is 5.97. The van der Waals surface area contributed by atoms with Crippen LogP contribution in [0.4, 0.5) is 0 Å². The summed E-state index contributed by atoms with van der Waals surface area (Å²) >= 11 is 0. The first-order valence-corrected chi connectivity index (χ1v) is 18.8. The summed E-state index contributed by atoms with van der Waals surface area (Å²) in [5.74, 6) is -5.99. The van der Waals surface area contributed by atoms with E-state index >= 15 is 0 Å². The zero-order chi connectivity index (χ0) is 40.2. The SMILES string of the molecule is CC(C)C[C@H](CC(=O)[C@H](Cc1ccc(O)cc1)NC(=O)[C@@H]1CCCNC(=O)C[C@H](N)C(=O)N[C@@H](CCCCN)C(=O)N[C@@H](CCCCN)C(=O)N1)C(=O)O. The van der Waals surface area contributed by atoms with E-state index in [-0.39, 0.29) is 69.6 Å². The lowest BCUT2D eigenvalue weighted by molar-refractivity contribution is -0.144. The molecule has 1 aliphatic heterocycles. The molecule has 1 aromatic rings. The highest BCUT2D eigenvalue weighted by Gasteiger charge is 2.33. The van der Waals surface area contributed by atoms with Crippen LogP contribution >= 0.6 is 0 Å². The number of carboxylic acid groups (broad SMARTS) is 1. The van der Waals surface area contributed by atoms with Crippen molar-refractivity contribution in [2.75, 3.05) is 19.6 Å². The Morgan fingerprint density at radius 1 is 0.870 bits per heavy atom. The molecule has 0 aromatic heterocycles. The molecule has 1 aliphatic rings. The zero-order valence-corrected chi connectivity index (χ0v) is 31.4. The van der Waals surface area contributed by atoms with Crippen LogP contribution in [0.3, 0.4) is 0 Å². The molecule has 0 spiro atoms. The van der Waals surface area contributed by atoms with Crippen molar-refractivity contribution >= 4 is 41.3 Å². The van der Waals surface area contributed by atoms with Gasteiger partial charge in [-0.2, -0.15) is 0 Å². The number of carboxylic acids is 1. The molecule has 1 heterocycles. The fourth-order valence-corrected chi connectivity index (χ4v) is 6.13. The van der Waals surface area contributed by atoms with Gasteiger partial charge >= 0.3 is 5.97 Å². The second-order valence-electron chi connectivity index (χ2n) is 14.3. The van der Waals surface area contributed by atoms with E-state index in [0.717, 1.165) is 0 Å². The van der Waals surface area contributed by atoms with Crippen LogP contribution in [0, 0.1) is 11.8 Å². The molecule has 2 rings (SSSR count). The minimum absolute atomic E-state index is 0.000787. The van der Waals surface area contributed by atoms with E-state index in [9.17, 15) is 43.8 Å². The molecule has 54 heavy (non-hydrogen) atoms. The molecule has 0 aliphatic carbocycles. The van der Waals surface area contributed by atoms with Crippen LogP contribution in [-0.2, 0) is 40.0 Å². The van der Waals surface area contributed by atoms with Gasteiger partial charge in [0.1, 0.15) is 23.9 Å². The van der Waals surface area contributed by atoms with Gasteiger partial charge in [0.15, 0.2) is 5.78 Å². The smallest absolute Gasteiger partial charge is 0.306 e. The highest BCUT2D eigenvalue weighted by atomic mass is 16.4. The van der Waals surface area contributed by atoms with Crippen molar-refractivity contribution in [1.82, 2.24) is 26.6 Å². The number of aliphatic carboxylic acids is 1. The molecule has 17 heteroatoms. The number of aromatic hydroxyl groups is 1. The molecule has 6 atom stereocenters. The zero-order valence-electron chi connectivity index (χ0n) is 31.4. The van der Waals surface area contributed by atoms with E-state index in [1.165, 1.54) is 12.1 Å². The van der Waals surface area contributed by atoms with Gasteiger partial charge < -0.3 is 54.0 Å². The number of nitrogens with two attached hydrogens (primary N) is 3. The molecule has 0 radical (unpaired) electrons. The van der Waals surface area contributed by atoms with Gasteiger partial charge in [0.2, 0.25) is 29.5 Å². The highest BCUT2D eigenvalue weighted by Crippen LogP contribution is 2.19. The summed E-state index contributed by atoms with van der Waals surface area (Å²) in [6.45, 7) is 4.45. The van der Waals surface area contributed by atoms with Crippen molar-refractivity contribution in [3.63, 3.8) is 0 Å². The molecular weight excluding hydrogens is 700 g/mol. The molecule has 0 saturated carbocycles. The Labute approximate surface area is 316 Å². The van der Waals surface area contributed by atoms with Gasteiger partial charge in [0, 0.05) is 13.0 Å². The molecule has 17 nitrogen and oxygen atoms in total. The number of phenolic OH excluding ortho intramolecular Hbond substituents is 1. The van der Waals surface area contributed by atoms with Crippen molar-refractivity contribution in [2.45, 2.75) is 121 Å². The maximum Gasteiger partial charge on any atom is 0.306 e. The maximum atomic E-state index is 14.0. The molecular formula is C37H60N8O9. The third kappa shape index (κ3) is 16.6. The Morgan fingerprint density at radius 3 is 2.00 bits per heavy atom. The largest absolute Gasteiger partial charge is 0.508 e. The fraction of sp³-hybridized carbons (Fsp3) is 0.649. The lowest BCUT2D eigenvalue weighted by atomic mass is 9.89. The van der Waals surface area contributed by atoms with Crippen LogP contribution in [0.15, 0.2) is 24.3 Å². The summed E-state index contributed by atoms with van der Waals surface area (Å²) in [4.78, 5) is 92.7. The van der Waals surface area contributed by atoms with Gasteiger partial charge in [-0.3, -0.25) is 33.6 Å². The molecule has 13 N–H and O–H groups in total. The number of hydrogen-bond donors (Lipinski definition) is 10. The van der Waals surface area contributed by atoms with Gasteiger partial charge in [-0.05, 0) is 101 Å². The minimum atomic E-state index is -1.26. The van der Waals surface area contributed by atoms with E-state index in [2.05, 4.69) is 26.6 Å². The number of Topliss-reactive ketones (excluding diaryl/α,β-unsaturated/α-hetero) is 1. The van der Waals surface area contributed by atoms with Gasteiger partial charge in [-0.25, -0.2) is 0 Å². The number of phenols is 1. The molecule has 0 unspecified atom stereocenters. The van der Waals surface area contributed by atoms with Crippen LogP contribution < -0.4 is 43.8 Å². The average molecular weight is 761 g/mol. The van der Waals surface area contributed by atoms with Crippen LogP contribution in [-0.4, -0.2) is 101 Å². The van der Waals surface area contributed by atoms with Gasteiger partial charge in [0.05, 0.1) is 24.4 Å². The van der Waals surface area contributed by atoms with Crippen molar-refractivity contribution in [3.8, 4) is 5.75 Å². The van der Waals surface area contributed by atoms with E-state index in [4.69, 9.17) is 17.2 Å². The van der Waals surface area contributed by atoms with E-state index in [1.807, 2.05) is 13.8 Å². The van der Waals surface area contributed by atoms with Crippen molar-refractivity contribution in [3.05, 3.63) is 29.8 Å². The van der Waals surface area contributed by atoms with Gasteiger partial charge in [-0.15, -0.1) is 0 Å². The van der Waals surface area contributed by atoms with E-state index in [1.54, 1.807) is 12.1 Å². The Morgan fingerprint density at radius 2 is 1.44 bits per heavy atom. The van der Waals surface area contributed by atoms with Gasteiger partial charge in [0.25, 0.3) is 0 Å². The third-order valence-electron chi connectivity index (χ3n) is 9.16. The number of ketones is 1. The van der Waals surface area contributed by atoms with Crippen molar-refractivity contribution < 1.29 is 43.8 Å². The number of benzene rings is 1. The summed E-state index contributed by atoms with van der Waals surface area (Å²) in [7, 11) is 0. The Hall–Kier alpha value is -4.61. The van der Waals surface area contributed by atoms with Crippen LogP contribution in [0.1, 0.15) is 90.0 Å². The summed E-state index contributed by atoms with van der Waals surface area (Å²) in [5, 5.41) is 33.0. The average Bonchev–Trinajstić information content (AvgIpc) is 3.11. The maximum absolute atomic E-state index is 14.0. The number of carbonyl (C=O) groups is 7. The first kappa shape index (κ1) is 45.5. The third-order valence-corrected chi connectivity index (χ3v) is 9.16. The monoisotopic (exact) mass is 760 g/mol. The lowest BCUT2D eigenvalue weighted by Crippen LogP contribution is -2.59. The van der Waals surface area contributed by atoms with Gasteiger partial charge in [-0.1, -0.05) is 26.0 Å². The lowest BCUT2D eigenvalue weighted by Gasteiger charge is -2.27. The van der Waals surface area contributed by atoms with Crippen LogP contribution in [0.5, 0.6) is 5.75 Å². The van der Waals surface area contributed by atoms with E-state index < -0.39 is 77.4 Å². The number of nitrogens with one attached hydrogen (secondary N) is 5.